The normalized spacial score (nSPS) is 14.6. The minimum atomic E-state index is -0.138. The fourth-order valence-electron chi connectivity index (χ4n) is 1.30. The van der Waals surface area contributed by atoms with Gasteiger partial charge in [0.2, 0.25) is 0 Å². The molecule has 0 saturated heterocycles. The van der Waals surface area contributed by atoms with Crippen molar-refractivity contribution in [3.05, 3.63) is 17.8 Å². The molecule has 86 valence electrons. The SMILES string of the molecule is CNC(=O)c1cnc(SC)c(OC2CC2)c1. The maximum atomic E-state index is 11.5. The number of rotatable bonds is 4. The topological polar surface area (TPSA) is 51.2 Å². The number of carbonyl (C=O) groups is 1. The Kier molecular flexibility index (Phi) is 3.33. The highest BCUT2D eigenvalue weighted by Crippen LogP contribution is 2.32. The molecule has 1 heterocycles. The number of nitrogens with zero attached hydrogens (tertiary/aromatic N) is 1. The second-order valence-electron chi connectivity index (χ2n) is 3.63. The van der Waals surface area contributed by atoms with Crippen LogP contribution < -0.4 is 10.1 Å². The lowest BCUT2D eigenvalue weighted by Crippen LogP contribution is -2.18. The summed E-state index contributed by atoms with van der Waals surface area (Å²) in [4.78, 5) is 15.7. The van der Waals surface area contributed by atoms with Gasteiger partial charge in [-0.2, -0.15) is 0 Å². The molecule has 0 radical (unpaired) electrons. The third-order valence-electron chi connectivity index (χ3n) is 2.32. The summed E-state index contributed by atoms with van der Waals surface area (Å²) >= 11 is 1.53. The number of nitrogens with one attached hydrogen (secondary N) is 1. The predicted molar refractivity (Wildman–Crippen MR) is 63.1 cm³/mol. The molecule has 5 heteroatoms. The Labute approximate surface area is 98.8 Å². The van der Waals surface area contributed by atoms with Crippen LogP contribution in [0.2, 0.25) is 0 Å². The molecule has 1 fully saturated rings. The average Bonchev–Trinajstić information content (AvgIpc) is 3.12. The van der Waals surface area contributed by atoms with Crippen molar-refractivity contribution in [2.24, 2.45) is 0 Å². The number of pyridine rings is 1. The van der Waals surface area contributed by atoms with Gasteiger partial charge in [0.1, 0.15) is 5.03 Å². The van der Waals surface area contributed by atoms with E-state index < -0.39 is 0 Å². The van der Waals surface area contributed by atoms with Gasteiger partial charge in [0, 0.05) is 13.2 Å². The van der Waals surface area contributed by atoms with Crippen LogP contribution >= 0.6 is 11.8 Å². The standard InChI is InChI=1S/C11H14N2O2S/c1-12-10(14)7-5-9(15-8-3-4-8)11(16-2)13-6-7/h5-6,8H,3-4H2,1-2H3,(H,12,14). The molecule has 0 atom stereocenters. The molecule has 1 saturated carbocycles. The molecule has 0 aromatic carbocycles. The van der Waals surface area contributed by atoms with Crippen LogP contribution in [0.1, 0.15) is 23.2 Å². The van der Waals surface area contributed by atoms with Crippen LogP contribution in [0, 0.1) is 0 Å². The summed E-state index contributed by atoms with van der Waals surface area (Å²) in [5, 5.41) is 3.41. The van der Waals surface area contributed by atoms with Crippen LogP contribution in [0.3, 0.4) is 0 Å². The van der Waals surface area contributed by atoms with E-state index in [1.54, 1.807) is 19.3 Å². The zero-order valence-electron chi connectivity index (χ0n) is 9.32. The molecule has 0 aliphatic heterocycles. The van der Waals surface area contributed by atoms with Crippen molar-refractivity contribution >= 4 is 17.7 Å². The van der Waals surface area contributed by atoms with Gasteiger partial charge in [-0.3, -0.25) is 4.79 Å². The van der Waals surface area contributed by atoms with E-state index in [0.29, 0.717) is 11.7 Å². The molecule has 1 N–H and O–H groups in total. The Morgan fingerprint density at radius 3 is 2.94 bits per heavy atom. The lowest BCUT2D eigenvalue weighted by Gasteiger charge is -2.09. The van der Waals surface area contributed by atoms with E-state index in [9.17, 15) is 4.79 Å². The highest BCUT2D eigenvalue weighted by molar-refractivity contribution is 7.98. The zero-order valence-corrected chi connectivity index (χ0v) is 10.1. The first-order valence-electron chi connectivity index (χ1n) is 5.17. The van der Waals surface area contributed by atoms with E-state index in [4.69, 9.17) is 4.74 Å². The summed E-state index contributed by atoms with van der Waals surface area (Å²) in [6.07, 6.45) is 6.02. The Morgan fingerprint density at radius 1 is 1.62 bits per heavy atom. The Morgan fingerprint density at radius 2 is 2.38 bits per heavy atom. The average molecular weight is 238 g/mol. The third kappa shape index (κ3) is 2.47. The molecule has 16 heavy (non-hydrogen) atoms. The number of thioether (sulfide) groups is 1. The van der Waals surface area contributed by atoms with Gasteiger partial charge in [0.25, 0.3) is 5.91 Å². The molecule has 0 unspecified atom stereocenters. The zero-order chi connectivity index (χ0) is 11.5. The fourth-order valence-corrected chi connectivity index (χ4v) is 1.77. The minimum absolute atomic E-state index is 0.138. The smallest absolute Gasteiger partial charge is 0.252 e. The molecule has 1 aliphatic carbocycles. The lowest BCUT2D eigenvalue weighted by atomic mass is 10.2. The van der Waals surface area contributed by atoms with E-state index in [1.807, 2.05) is 6.26 Å². The maximum Gasteiger partial charge on any atom is 0.252 e. The summed E-state index contributed by atoms with van der Waals surface area (Å²) in [5.74, 6) is 0.580. The van der Waals surface area contributed by atoms with Gasteiger partial charge in [-0.1, -0.05) is 0 Å². The van der Waals surface area contributed by atoms with Gasteiger partial charge in [-0.05, 0) is 25.2 Å². The largest absolute Gasteiger partial charge is 0.488 e. The van der Waals surface area contributed by atoms with Gasteiger partial charge in [0.15, 0.2) is 5.75 Å². The molecule has 2 rings (SSSR count). The minimum Gasteiger partial charge on any atom is -0.488 e. The molecular weight excluding hydrogens is 224 g/mol. The summed E-state index contributed by atoms with van der Waals surface area (Å²) in [6, 6.07) is 1.76. The van der Waals surface area contributed by atoms with Crippen molar-refractivity contribution in [1.29, 1.82) is 0 Å². The fraction of sp³-hybridized carbons (Fsp3) is 0.455. The number of ether oxygens (including phenoxy) is 1. The van der Waals surface area contributed by atoms with E-state index >= 15 is 0 Å². The van der Waals surface area contributed by atoms with Crippen LogP contribution in [0.15, 0.2) is 17.3 Å². The lowest BCUT2D eigenvalue weighted by molar-refractivity contribution is 0.0962. The van der Waals surface area contributed by atoms with E-state index in [-0.39, 0.29) is 5.91 Å². The molecule has 1 aromatic rings. The molecule has 4 nitrogen and oxygen atoms in total. The van der Waals surface area contributed by atoms with E-state index in [2.05, 4.69) is 10.3 Å². The Balaban J connectivity index is 2.25. The maximum absolute atomic E-state index is 11.5. The summed E-state index contributed by atoms with van der Waals surface area (Å²) < 4.78 is 5.72. The molecule has 0 bridgehead atoms. The number of aromatic nitrogens is 1. The van der Waals surface area contributed by atoms with Crippen LogP contribution in [0.5, 0.6) is 5.75 Å². The molecule has 0 spiro atoms. The monoisotopic (exact) mass is 238 g/mol. The second-order valence-corrected chi connectivity index (χ2v) is 4.42. The number of hydrogen-bond donors (Lipinski definition) is 1. The van der Waals surface area contributed by atoms with Gasteiger partial charge in [-0.25, -0.2) is 4.98 Å². The van der Waals surface area contributed by atoms with Crippen molar-refractivity contribution < 1.29 is 9.53 Å². The number of carbonyl (C=O) groups excluding carboxylic acids is 1. The van der Waals surface area contributed by atoms with Crippen LogP contribution in [-0.2, 0) is 0 Å². The first-order valence-corrected chi connectivity index (χ1v) is 6.40. The first kappa shape index (κ1) is 11.3. The van der Waals surface area contributed by atoms with Crippen LogP contribution in [0.4, 0.5) is 0 Å². The van der Waals surface area contributed by atoms with Crippen molar-refractivity contribution in [2.75, 3.05) is 13.3 Å². The quantitative estimate of drug-likeness (QED) is 0.811. The summed E-state index contributed by atoms with van der Waals surface area (Å²) in [7, 11) is 1.60. The van der Waals surface area contributed by atoms with Crippen LogP contribution in [0.25, 0.3) is 0 Å². The summed E-state index contributed by atoms with van der Waals surface area (Å²) in [5.41, 5.74) is 0.538. The Bertz CT molecular complexity index is 405. The third-order valence-corrected chi connectivity index (χ3v) is 3.01. The van der Waals surface area contributed by atoms with Crippen molar-refractivity contribution in [3.8, 4) is 5.75 Å². The first-order chi connectivity index (χ1) is 7.74. The predicted octanol–water partition coefficient (Wildman–Crippen LogP) is 1.70. The number of amides is 1. The highest BCUT2D eigenvalue weighted by Gasteiger charge is 2.25. The molecule has 1 amide bonds. The van der Waals surface area contributed by atoms with Crippen molar-refractivity contribution in [1.82, 2.24) is 10.3 Å². The summed E-state index contributed by atoms with van der Waals surface area (Å²) in [6.45, 7) is 0. The Hall–Kier alpha value is -1.23. The molecule has 1 aromatic heterocycles. The van der Waals surface area contributed by atoms with E-state index in [0.717, 1.165) is 23.6 Å². The van der Waals surface area contributed by atoms with Gasteiger partial charge < -0.3 is 10.1 Å². The van der Waals surface area contributed by atoms with Crippen LogP contribution in [-0.4, -0.2) is 30.3 Å². The highest BCUT2D eigenvalue weighted by atomic mass is 32.2. The van der Waals surface area contributed by atoms with Crippen molar-refractivity contribution in [3.63, 3.8) is 0 Å². The van der Waals surface area contributed by atoms with E-state index in [1.165, 1.54) is 11.8 Å². The second kappa shape index (κ2) is 4.74. The van der Waals surface area contributed by atoms with Crippen molar-refractivity contribution in [2.45, 2.75) is 24.0 Å². The van der Waals surface area contributed by atoms with Gasteiger partial charge in [0.05, 0.1) is 11.7 Å². The van der Waals surface area contributed by atoms with Gasteiger partial charge in [-0.15, -0.1) is 11.8 Å². The molecule has 1 aliphatic rings. The molecular formula is C11H14N2O2S. The number of hydrogen-bond acceptors (Lipinski definition) is 4. The van der Waals surface area contributed by atoms with Gasteiger partial charge >= 0.3 is 0 Å².